The minimum atomic E-state index is 0.275. The van der Waals surface area contributed by atoms with E-state index in [1.165, 1.54) is 24.8 Å². The average Bonchev–Trinajstić information content (AvgIpc) is 2.45. The van der Waals surface area contributed by atoms with E-state index in [1.807, 2.05) is 6.07 Å². The minimum Gasteiger partial charge on any atom is -0.379 e. The number of hydrogen-bond acceptors (Lipinski definition) is 2. The van der Waals surface area contributed by atoms with Gasteiger partial charge in [-0.25, -0.2) is 0 Å². The summed E-state index contributed by atoms with van der Waals surface area (Å²) in [5.74, 6) is 0.767. The highest BCUT2D eigenvalue weighted by atomic mass is 32.1. The topological polar surface area (TPSA) is 15.3 Å². The Bertz CT molecular complexity index is 504. The summed E-state index contributed by atoms with van der Waals surface area (Å²) in [6, 6.07) is 10.5. The van der Waals surface area contributed by atoms with Crippen LogP contribution in [-0.2, 0) is 6.42 Å². The third-order valence-electron chi connectivity index (χ3n) is 5.47. The molecule has 1 heterocycles. The average molecular weight is 333 g/mol. The summed E-state index contributed by atoms with van der Waals surface area (Å²) >= 11 is 5.49. The third kappa shape index (κ3) is 5.02. The molecular weight excluding hydrogens is 300 g/mol. The zero-order valence-electron chi connectivity index (χ0n) is 15.4. The van der Waals surface area contributed by atoms with Crippen molar-refractivity contribution in [1.29, 1.82) is 0 Å². The molecule has 1 N–H and O–H groups in total. The summed E-state index contributed by atoms with van der Waals surface area (Å²) < 4.78 is 0. The van der Waals surface area contributed by atoms with E-state index in [0.717, 1.165) is 23.9 Å². The van der Waals surface area contributed by atoms with E-state index >= 15 is 0 Å². The second-order valence-corrected chi connectivity index (χ2v) is 8.75. The van der Waals surface area contributed by atoms with Crippen LogP contribution < -0.4 is 5.32 Å². The van der Waals surface area contributed by atoms with Crippen molar-refractivity contribution in [3.8, 4) is 0 Å². The summed E-state index contributed by atoms with van der Waals surface area (Å²) in [7, 11) is 2.27. The Morgan fingerprint density at radius 3 is 2.26 bits per heavy atom. The molecule has 0 amide bonds. The van der Waals surface area contributed by atoms with E-state index in [2.05, 4.69) is 69.2 Å². The number of nitrogens with one attached hydrogen (secondary N) is 1. The van der Waals surface area contributed by atoms with Crippen LogP contribution in [0, 0.1) is 5.92 Å². The Labute approximate surface area is 147 Å². The van der Waals surface area contributed by atoms with Crippen molar-refractivity contribution in [1.82, 2.24) is 10.2 Å². The van der Waals surface area contributed by atoms with E-state index < -0.39 is 0 Å². The fraction of sp³-hybridized carbons (Fsp3) is 0.650. The molecule has 1 fully saturated rings. The highest BCUT2D eigenvalue weighted by molar-refractivity contribution is 7.80. The summed E-state index contributed by atoms with van der Waals surface area (Å²) in [6.07, 6.45) is 4.58. The van der Waals surface area contributed by atoms with Gasteiger partial charge in [0.1, 0.15) is 0 Å². The van der Waals surface area contributed by atoms with Crippen molar-refractivity contribution in [3.63, 3.8) is 0 Å². The number of thiocarbonyl (C=S) groups is 1. The smallest absolute Gasteiger partial charge is 0.0797 e. The molecule has 0 aromatic heterocycles. The SMILES string of the molecule is CN1C(C)(C)CC(CCNC(=S)Cc2ccccc2)CC1(C)C. The molecule has 0 atom stereocenters. The molecule has 1 aromatic rings. The van der Waals surface area contributed by atoms with Crippen LogP contribution in [0.4, 0.5) is 0 Å². The highest BCUT2D eigenvalue weighted by Gasteiger charge is 2.42. The summed E-state index contributed by atoms with van der Waals surface area (Å²) in [6.45, 7) is 10.5. The lowest BCUT2D eigenvalue weighted by molar-refractivity contribution is -0.0312. The molecule has 0 bridgehead atoms. The molecule has 1 saturated heterocycles. The maximum atomic E-state index is 5.49. The first-order valence-electron chi connectivity index (χ1n) is 8.75. The third-order valence-corrected chi connectivity index (χ3v) is 5.76. The monoisotopic (exact) mass is 332 g/mol. The van der Waals surface area contributed by atoms with Crippen LogP contribution >= 0.6 is 12.2 Å². The van der Waals surface area contributed by atoms with Crippen molar-refractivity contribution >= 4 is 17.2 Å². The lowest BCUT2D eigenvalue weighted by Gasteiger charge is -2.54. The molecular formula is C20H32N2S. The van der Waals surface area contributed by atoms with Gasteiger partial charge in [-0.3, -0.25) is 4.90 Å². The van der Waals surface area contributed by atoms with Gasteiger partial charge < -0.3 is 5.32 Å². The standard InChI is InChI=1S/C20H32N2S/c1-19(2)14-17(15-20(3,4)22(19)5)11-12-21-18(23)13-16-9-7-6-8-10-16/h6-10,17H,11-15H2,1-5H3,(H,21,23). The predicted octanol–water partition coefficient (Wildman–Crippen LogP) is 4.44. The van der Waals surface area contributed by atoms with E-state index in [1.54, 1.807) is 0 Å². The number of benzene rings is 1. The first-order valence-corrected chi connectivity index (χ1v) is 9.16. The quantitative estimate of drug-likeness (QED) is 0.803. The molecule has 23 heavy (non-hydrogen) atoms. The van der Waals surface area contributed by atoms with E-state index in [-0.39, 0.29) is 11.1 Å². The van der Waals surface area contributed by atoms with Crippen LogP contribution in [0.15, 0.2) is 30.3 Å². The molecule has 0 radical (unpaired) electrons. The zero-order valence-corrected chi connectivity index (χ0v) is 16.2. The van der Waals surface area contributed by atoms with Gasteiger partial charge in [0.25, 0.3) is 0 Å². The Morgan fingerprint density at radius 1 is 1.13 bits per heavy atom. The maximum absolute atomic E-state index is 5.49. The normalized spacial score (nSPS) is 21.1. The predicted molar refractivity (Wildman–Crippen MR) is 104 cm³/mol. The van der Waals surface area contributed by atoms with Gasteiger partial charge in [0.15, 0.2) is 0 Å². The second kappa shape index (κ2) is 7.31. The van der Waals surface area contributed by atoms with Gasteiger partial charge in [0.2, 0.25) is 0 Å². The lowest BCUT2D eigenvalue weighted by Crippen LogP contribution is -2.58. The van der Waals surface area contributed by atoms with Crippen molar-refractivity contribution in [2.45, 2.75) is 64.5 Å². The summed E-state index contributed by atoms with van der Waals surface area (Å²) in [5, 5.41) is 3.46. The van der Waals surface area contributed by atoms with Crippen molar-refractivity contribution in [2.75, 3.05) is 13.6 Å². The second-order valence-electron chi connectivity index (χ2n) is 8.26. The maximum Gasteiger partial charge on any atom is 0.0797 e. The van der Waals surface area contributed by atoms with Crippen LogP contribution in [0.3, 0.4) is 0 Å². The van der Waals surface area contributed by atoms with Crippen LogP contribution in [0.2, 0.25) is 0 Å². The molecule has 3 heteroatoms. The molecule has 0 aliphatic carbocycles. The van der Waals surface area contributed by atoms with Gasteiger partial charge in [-0.05, 0) is 65.5 Å². The molecule has 0 saturated carbocycles. The number of likely N-dealkylation sites (tertiary alicyclic amines) is 1. The van der Waals surface area contributed by atoms with Gasteiger partial charge in [0, 0.05) is 24.0 Å². The Balaban J connectivity index is 1.79. The molecule has 0 spiro atoms. The van der Waals surface area contributed by atoms with E-state index in [4.69, 9.17) is 12.2 Å². The molecule has 2 rings (SSSR count). The van der Waals surface area contributed by atoms with Crippen LogP contribution in [0.25, 0.3) is 0 Å². The molecule has 1 aliphatic heterocycles. The fourth-order valence-corrected chi connectivity index (χ4v) is 4.31. The Hall–Kier alpha value is -0.930. The van der Waals surface area contributed by atoms with Gasteiger partial charge in [0.05, 0.1) is 4.99 Å². The van der Waals surface area contributed by atoms with Crippen molar-refractivity contribution in [2.24, 2.45) is 5.92 Å². The molecule has 0 unspecified atom stereocenters. The van der Waals surface area contributed by atoms with Crippen molar-refractivity contribution < 1.29 is 0 Å². The molecule has 1 aromatic carbocycles. The number of nitrogens with zero attached hydrogens (tertiary/aromatic N) is 1. The van der Waals surface area contributed by atoms with Gasteiger partial charge in [-0.15, -0.1) is 0 Å². The zero-order chi connectivity index (χ0) is 17.1. The Kier molecular flexibility index (Phi) is 5.85. The van der Waals surface area contributed by atoms with Gasteiger partial charge in [-0.1, -0.05) is 42.5 Å². The van der Waals surface area contributed by atoms with E-state index in [0.29, 0.717) is 0 Å². The van der Waals surface area contributed by atoms with Crippen molar-refractivity contribution in [3.05, 3.63) is 35.9 Å². The van der Waals surface area contributed by atoms with Gasteiger partial charge in [-0.2, -0.15) is 0 Å². The number of piperidine rings is 1. The molecule has 1 aliphatic rings. The summed E-state index contributed by atoms with van der Waals surface area (Å²) in [5.41, 5.74) is 1.83. The molecule has 2 nitrogen and oxygen atoms in total. The van der Waals surface area contributed by atoms with Crippen LogP contribution in [0.1, 0.15) is 52.5 Å². The molecule has 128 valence electrons. The first-order chi connectivity index (χ1) is 10.7. The minimum absolute atomic E-state index is 0.275. The fourth-order valence-electron chi connectivity index (χ4n) is 4.04. The van der Waals surface area contributed by atoms with Gasteiger partial charge >= 0.3 is 0 Å². The lowest BCUT2D eigenvalue weighted by atomic mass is 9.73. The largest absolute Gasteiger partial charge is 0.379 e. The van der Waals surface area contributed by atoms with Crippen LogP contribution in [-0.4, -0.2) is 34.6 Å². The first kappa shape index (κ1) is 18.4. The number of rotatable bonds is 5. The highest BCUT2D eigenvalue weighted by Crippen LogP contribution is 2.41. The summed E-state index contributed by atoms with van der Waals surface area (Å²) in [4.78, 5) is 3.51. The van der Waals surface area contributed by atoms with Crippen LogP contribution in [0.5, 0.6) is 0 Å². The number of hydrogen-bond donors (Lipinski definition) is 1. The van der Waals surface area contributed by atoms with E-state index in [9.17, 15) is 0 Å². The Morgan fingerprint density at radius 2 is 1.70 bits per heavy atom.